The Morgan fingerprint density at radius 1 is 1.36 bits per heavy atom. The van der Waals surface area contributed by atoms with E-state index in [4.69, 9.17) is 5.73 Å². The Morgan fingerprint density at radius 2 is 2.00 bits per heavy atom. The summed E-state index contributed by atoms with van der Waals surface area (Å²) in [5, 5.41) is 0. The van der Waals surface area contributed by atoms with Crippen LogP contribution in [0.15, 0.2) is 0 Å². The summed E-state index contributed by atoms with van der Waals surface area (Å²) < 4.78 is 0. The fourth-order valence-electron chi connectivity index (χ4n) is 2.24. The van der Waals surface area contributed by atoms with Crippen molar-refractivity contribution in [3.05, 3.63) is 0 Å². The van der Waals surface area contributed by atoms with Crippen LogP contribution in [0.5, 0.6) is 0 Å². The minimum atomic E-state index is 0.409. The molecule has 0 bridgehead atoms. The van der Waals surface area contributed by atoms with Crippen LogP contribution < -0.4 is 5.73 Å². The molecule has 14 heavy (non-hydrogen) atoms. The highest BCUT2D eigenvalue weighted by atomic mass is 15.2. The number of nitrogens with zero attached hydrogens (tertiary/aromatic N) is 2. The number of rotatable bonds is 4. The van der Waals surface area contributed by atoms with Crippen molar-refractivity contribution >= 4 is 0 Å². The monoisotopic (exact) mass is 199 g/mol. The molecule has 84 valence electrons. The molecule has 1 fully saturated rings. The zero-order valence-corrected chi connectivity index (χ0v) is 9.87. The van der Waals surface area contributed by atoms with Gasteiger partial charge in [-0.15, -0.1) is 0 Å². The third kappa shape index (κ3) is 3.23. The molecule has 3 heteroatoms. The van der Waals surface area contributed by atoms with Crippen molar-refractivity contribution in [3.63, 3.8) is 0 Å². The van der Waals surface area contributed by atoms with Gasteiger partial charge in [0.2, 0.25) is 0 Å². The summed E-state index contributed by atoms with van der Waals surface area (Å²) in [5.74, 6) is 0.661. The molecule has 1 aliphatic heterocycles. The summed E-state index contributed by atoms with van der Waals surface area (Å²) in [7, 11) is 2.20. The smallest absolute Gasteiger partial charge is 0.0104 e. The Morgan fingerprint density at radius 3 is 2.57 bits per heavy atom. The third-order valence-electron chi connectivity index (χ3n) is 3.38. The maximum atomic E-state index is 6.15. The summed E-state index contributed by atoms with van der Waals surface area (Å²) in [5.41, 5.74) is 6.15. The Hall–Kier alpha value is -0.120. The van der Waals surface area contributed by atoms with E-state index in [2.05, 4.69) is 30.7 Å². The van der Waals surface area contributed by atoms with Gasteiger partial charge in [0.25, 0.3) is 0 Å². The summed E-state index contributed by atoms with van der Waals surface area (Å²) in [6, 6.07) is 0.409. The molecule has 1 rings (SSSR count). The van der Waals surface area contributed by atoms with E-state index in [1.165, 1.54) is 6.54 Å². The van der Waals surface area contributed by atoms with Crippen molar-refractivity contribution in [1.82, 2.24) is 9.80 Å². The highest BCUT2D eigenvalue weighted by Crippen LogP contribution is 2.15. The van der Waals surface area contributed by atoms with Crippen LogP contribution >= 0.6 is 0 Å². The van der Waals surface area contributed by atoms with Gasteiger partial charge in [-0.2, -0.15) is 0 Å². The second-order valence-corrected chi connectivity index (χ2v) is 4.46. The summed E-state index contributed by atoms with van der Waals surface area (Å²) in [6.45, 7) is 10.2. The van der Waals surface area contributed by atoms with E-state index in [-0.39, 0.29) is 0 Å². The standard InChI is InChI=1S/C11H25N3/c1-4-14(5-2)9-10-8-13(3)7-6-11(10)12/h10-11H,4-9,12H2,1-3H3. The molecule has 1 saturated heterocycles. The molecule has 0 aromatic rings. The average Bonchev–Trinajstić information content (AvgIpc) is 2.19. The van der Waals surface area contributed by atoms with Crippen molar-refractivity contribution in [1.29, 1.82) is 0 Å². The topological polar surface area (TPSA) is 32.5 Å². The minimum absolute atomic E-state index is 0.409. The second kappa shape index (κ2) is 5.69. The molecule has 0 amide bonds. The van der Waals surface area contributed by atoms with E-state index in [0.29, 0.717) is 12.0 Å². The Balaban J connectivity index is 2.40. The fourth-order valence-corrected chi connectivity index (χ4v) is 2.24. The van der Waals surface area contributed by atoms with Gasteiger partial charge in [0, 0.05) is 19.1 Å². The minimum Gasteiger partial charge on any atom is -0.327 e. The Kier molecular flexibility index (Phi) is 4.85. The summed E-state index contributed by atoms with van der Waals surface area (Å²) in [4.78, 5) is 4.88. The van der Waals surface area contributed by atoms with Crippen molar-refractivity contribution in [2.45, 2.75) is 26.3 Å². The number of hydrogen-bond donors (Lipinski definition) is 1. The predicted octanol–water partition coefficient (Wildman–Crippen LogP) is 0.607. The van der Waals surface area contributed by atoms with Gasteiger partial charge >= 0.3 is 0 Å². The van der Waals surface area contributed by atoms with Gasteiger partial charge in [0.05, 0.1) is 0 Å². The lowest BCUT2D eigenvalue weighted by atomic mass is 9.92. The van der Waals surface area contributed by atoms with E-state index in [0.717, 1.165) is 32.6 Å². The van der Waals surface area contributed by atoms with Crippen LogP contribution in [0.2, 0.25) is 0 Å². The molecule has 2 unspecified atom stereocenters. The molecule has 1 aliphatic rings. The SMILES string of the molecule is CCN(CC)CC1CN(C)CCC1N. The highest BCUT2D eigenvalue weighted by Gasteiger charge is 2.25. The van der Waals surface area contributed by atoms with Crippen LogP contribution in [0.1, 0.15) is 20.3 Å². The van der Waals surface area contributed by atoms with Gasteiger partial charge in [-0.05, 0) is 39.0 Å². The molecule has 0 aromatic heterocycles. The highest BCUT2D eigenvalue weighted by molar-refractivity contribution is 4.83. The second-order valence-electron chi connectivity index (χ2n) is 4.46. The molecular weight excluding hydrogens is 174 g/mol. The number of nitrogens with two attached hydrogens (primary N) is 1. The molecule has 2 atom stereocenters. The van der Waals surface area contributed by atoms with E-state index >= 15 is 0 Å². The zero-order chi connectivity index (χ0) is 10.6. The quantitative estimate of drug-likeness (QED) is 0.720. The molecule has 2 N–H and O–H groups in total. The van der Waals surface area contributed by atoms with Gasteiger partial charge in [-0.3, -0.25) is 0 Å². The third-order valence-corrected chi connectivity index (χ3v) is 3.38. The van der Waals surface area contributed by atoms with Crippen LogP contribution in [-0.2, 0) is 0 Å². The molecule has 0 spiro atoms. The first-order valence-electron chi connectivity index (χ1n) is 5.83. The maximum absolute atomic E-state index is 6.15. The molecule has 3 nitrogen and oxygen atoms in total. The first-order valence-corrected chi connectivity index (χ1v) is 5.83. The van der Waals surface area contributed by atoms with Gasteiger partial charge in [0.15, 0.2) is 0 Å². The molecule has 0 aliphatic carbocycles. The van der Waals surface area contributed by atoms with Crippen LogP contribution in [-0.4, -0.2) is 55.6 Å². The average molecular weight is 199 g/mol. The Bertz CT molecular complexity index is 157. The van der Waals surface area contributed by atoms with E-state index < -0.39 is 0 Å². The molecular formula is C11H25N3. The molecule has 0 aromatic carbocycles. The normalized spacial score (nSPS) is 29.8. The van der Waals surface area contributed by atoms with Gasteiger partial charge < -0.3 is 15.5 Å². The van der Waals surface area contributed by atoms with E-state index in [1.807, 2.05) is 0 Å². The fraction of sp³-hybridized carbons (Fsp3) is 1.00. The lowest BCUT2D eigenvalue weighted by Gasteiger charge is -2.37. The number of likely N-dealkylation sites (tertiary alicyclic amines) is 1. The van der Waals surface area contributed by atoms with Crippen LogP contribution in [0, 0.1) is 5.92 Å². The zero-order valence-electron chi connectivity index (χ0n) is 9.87. The van der Waals surface area contributed by atoms with Gasteiger partial charge in [0.1, 0.15) is 0 Å². The summed E-state index contributed by atoms with van der Waals surface area (Å²) in [6.07, 6.45) is 1.16. The van der Waals surface area contributed by atoms with Crippen LogP contribution in [0.4, 0.5) is 0 Å². The lowest BCUT2D eigenvalue weighted by Crippen LogP contribution is -2.50. The number of piperidine rings is 1. The Labute approximate surface area is 88.2 Å². The first kappa shape index (κ1) is 12.0. The van der Waals surface area contributed by atoms with Crippen LogP contribution in [0.3, 0.4) is 0 Å². The van der Waals surface area contributed by atoms with Crippen molar-refractivity contribution in [3.8, 4) is 0 Å². The van der Waals surface area contributed by atoms with Crippen molar-refractivity contribution in [2.75, 3.05) is 39.8 Å². The van der Waals surface area contributed by atoms with Crippen molar-refractivity contribution < 1.29 is 0 Å². The molecule has 1 heterocycles. The van der Waals surface area contributed by atoms with Crippen molar-refractivity contribution in [2.24, 2.45) is 11.7 Å². The lowest BCUT2D eigenvalue weighted by molar-refractivity contribution is 0.139. The first-order chi connectivity index (χ1) is 6.67. The predicted molar refractivity (Wildman–Crippen MR) is 61.4 cm³/mol. The molecule has 0 radical (unpaired) electrons. The largest absolute Gasteiger partial charge is 0.327 e. The van der Waals surface area contributed by atoms with E-state index in [1.54, 1.807) is 0 Å². The van der Waals surface area contributed by atoms with Gasteiger partial charge in [-0.1, -0.05) is 13.8 Å². The van der Waals surface area contributed by atoms with E-state index in [9.17, 15) is 0 Å². The molecule has 0 saturated carbocycles. The van der Waals surface area contributed by atoms with Crippen LogP contribution in [0.25, 0.3) is 0 Å². The van der Waals surface area contributed by atoms with Gasteiger partial charge in [-0.25, -0.2) is 0 Å². The maximum Gasteiger partial charge on any atom is 0.0104 e. The summed E-state index contributed by atoms with van der Waals surface area (Å²) >= 11 is 0. The number of hydrogen-bond acceptors (Lipinski definition) is 3.